The van der Waals surface area contributed by atoms with E-state index in [1.165, 1.54) is 21.2 Å². The van der Waals surface area contributed by atoms with Gasteiger partial charge in [0, 0.05) is 0 Å². The lowest BCUT2D eigenvalue weighted by atomic mass is 10.2. The van der Waals surface area contributed by atoms with Gasteiger partial charge in [-0.15, -0.1) is 0 Å². The molecule has 5 rings (SSSR count). The molecule has 0 aliphatic heterocycles. The molecular formula is C35H33N3P2. The summed E-state index contributed by atoms with van der Waals surface area (Å²) in [7, 11) is -1.18. The van der Waals surface area contributed by atoms with Gasteiger partial charge in [0.15, 0.2) is 0 Å². The van der Waals surface area contributed by atoms with Crippen molar-refractivity contribution in [2.24, 2.45) is 9.98 Å². The standard InChI is InChI=1S/C35H33N3P2/c1-28(36-26-39(30-16-7-3-8-17-30)31-18-9-4-10-19-31)34-24-15-25-35(38-34)29(2)37-27-40(32-20-11-5-12-21-32)33-22-13-6-14-23-33/h3-25H,26-27H2,1-2H3. The van der Waals surface area contributed by atoms with E-state index in [-0.39, 0.29) is 0 Å². The predicted octanol–water partition coefficient (Wildman–Crippen LogP) is 6.88. The van der Waals surface area contributed by atoms with Gasteiger partial charge in [-0.2, -0.15) is 0 Å². The van der Waals surface area contributed by atoms with Gasteiger partial charge in [-0.3, -0.25) is 9.98 Å². The summed E-state index contributed by atoms with van der Waals surface area (Å²) in [5, 5.41) is 5.33. The lowest BCUT2D eigenvalue weighted by Gasteiger charge is -2.17. The van der Waals surface area contributed by atoms with Gasteiger partial charge in [0.05, 0.1) is 35.4 Å². The van der Waals surface area contributed by atoms with Crippen LogP contribution in [0.5, 0.6) is 0 Å². The summed E-state index contributed by atoms with van der Waals surface area (Å²) in [6.45, 7) is 4.12. The second-order valence-corrected chi connectivity index (χ2v) is 13.7. The van der Waals surface area contributed by atoms with E-state index < -0.39 is 15.8 Å². The highest BCUT2D eigenvalue weighted by atomic mass is 31.1. The number of pyridine rings is 1. The molecule has 0 unspecified atom stereocenters. The van der Waals surface area contributed by atoms with Crippen LogP contribution in [-0.4, -0.2) is 29.0 Å². The molecule has 5 aromatic rings. The van der Waals surface area contributed by atoms with Crippen LogP contribution in [0, 0.1) is 0 Å². The van der Waals surface area contributed by atoms with Crippen LogP contribution in [0.4, 0.5) is 0 Å². The summed E-state index contributed by atoms with van der Waals surface area (Å²) in [6, 6.07) is 49.0. The van der Waals surface area contributed by atoms with Gasteiger partial charge in [0.2, 0.25) is 0 Å². The van der Waals surface area contributed by atoms with E-state index >= 15 is 0 Å². The summed E-state index contributed by atoms with van der Waals surface area (Å²) >= 11 is 0. The van der Waals surface area contributed by atoms with E-state index in [1.54, 1.807) is 0 Å². The molecule has 0 bridgehead atoms. The number of hydrogen-bond donors (Lipinski definition) is 0. The van der Waals surface area contributed by atoms with Gasteiger partial charge in [0.25, 0.3) is 0 Å². The number of benzene rings is 4. The minimum absolute atomic E-state index is 0.588. The van der Waals surface area contributed by atoms with Crippen LogP contribution in [0.2, 0.25) is 0 Å². The zero-order chi connectivity index (χ0) is 27.6. The molecule has 1 aromatic heterocycles. The highest BCUT2D eigenvalue weighted by Gasteiger charge is 2.15. The molecule has 0 fully saturated rings. The van der Waals surface area contributed by atoms with Crippen LogP contribution >= 0.6 is 15.8 Å². The smallest absolute Gasteiger partial charge is 0.0845 e. The van der Waals surface area contributed by atoms with Crippen LogP contribution in [0.15, 0.2) is 150 Å². The van der Waals surface area contributed by atoms with E-state index in [0.717, 1.165) is 35.4 Å². The zero-order valence-corrected chi connectivity index (χ0v) is 24.7. The zero-order valence-electron chi connectivity index (χ0n) is 22.9. The monoisotopic (exact) mass is 557 g/mol. The molecule has 3 nitrogen and oxygen atoms in total. The Morgan fingerprint density at radius 3 is 1.05 bits per heavy atom. The minimum atomic E-state index is -0.588. The van der Waals surface area contributed by atoms with Crippen molar-refractivity contribution < 1.29 is 0 Å². The summed E-state index contributed by atoms with van der Waals surface area (Å²) in [6.07, 6.45) is 1.46. The number of aromatic nitrogens is 1. The van der Waals surface area contributed by atoms with Crippen molar-refractivity contribution in [3.8, 4) is 0 Å². The summed E-state index contributed by atoms with van der Waals surface area (Å²) in [4.78, 5) is 15.1. The fourth-order valence-electron chi connectivity index (χ4n) is 4.41. The van der Waals surface area contributed by atoms with Crippen LogP contribution in [0.25, 0.3) is 0 Å². The van der Waals surface area contributed by atoms with Crippen LogP contribution < -0.4 is 21.2 Å². The number of hydrogen-bond acceptors (Lipinski definition) is 3. The number of aliphatic imine (C=N–C) groups is 2. The third-order valence-electron chi connectivity index (χ3n) is 6.66. The topological polar surface area (TPSA) is 37.6 Å². The van der Waals surface area contributed by atoms with Crippen LogP contribution in [0.1, 0.15) is 25.2 Å². The van der Waals surface area contributed by atoms with Crippen LogP contribution in [0.3, 0.4) is 0 Å². The quantitative estimate of drug-likeness (QED) is 0.136. The second-order valence-electron chi connectivity index (χ2n) is 9.38. The van der Waals surface area contributed by atoms with Gasteiger partial charge in [-0.1, -0.05) is 127 Å². The fraction of sp³-hybridized carbons (Fsp3) is 0.114. The minimum Gasteiger partial charge on any atom is -0.283 e. The Bertz CT molecular complexity index is 1360. The molecule has 0 amide bonds. The van der Waals surface area contributed by atoms with E-state index in [2.05, 4.69) is 141 Å². The Morgan fingerprint density at radius 1 is 0.450 bits per heavy atom. The largest absolute Gasteiger partial charge is 0.283 e. The maximum atomic E-state index is 5.05. The Balaban J connectivity index is 1.36. The lowest BCUT2D eigenvalue weighted by Crippen LogP contribution is -2.14. The van der Waals surface area contributed by atoms with Crippen molar-refractivity contribution in [2.75, 3.05) is 12.6 Å². The van der Waals surface area contributed by atoms with Gasteiger partial charge < -0.3 is 0 Å². The van der Waals surface area contributed by atoms with Gasteiger partial charge in [0.1, 0.15) is 0 Å². The van der Waals surface area contributed by atoms with Crippen molar-refractivity contribution in [3.05, 3.63) is 151 Å². The molecule has 0 atom stereocenters. The van der Waals surface area contributed by atoms with Gasteiger partial charge in [-0.05, 0) is 63.0 Å². The molecule has 4 aromatic carbocycles. The summed E-state index contributed by atoms with van der Waals surface area (Å²) in [5.74, 6) is 0. The molecule has 0 aliphatic carbocycles. The fourth-order valence-corrected chi connectivity index (χ4v) is 8.49. The highest BCUT2D eigenvalue weighted by molar-refractivity contribution is 7.73. The first-order valence-corrected chi connectivity index (χ1v) is 16.5. The van der Waals surface area contributed by atoms with E-state index in [0.29, 0.717) is 0 Å². The third-order valence-corrected chi connectivity index (χ3v) is 11.2. The molecule has 0 aliphatic rings. The average molecular weight is 558 g/mol. The van der Waals surface area contributed by atoms with E-state index in [9.17, 15) is 0 Å². The average Bonchev–Trinajstić information content (AvgIpc) is 3.03. The van der Waals surface area contributed by atoms with Gasteiger partial charge in [-0.25, -0.2) is 4.98 Å². The molecule has 5 heteroatoms. The SMILES string of the molecule is CC(=NCP(c1ccccc1)c1ccccc1)c1cccc(C(C)=NCP(c2ccccc2)c2ccccc2)n1. The molecule has 0 N–H and O–H groups in total. The maximum absolute atomic E-state index is 5.05. The van der Waals surface area contributed by atoms with Crippen molar-refractivity contribution in [3.63, 3.8) is 0 Å². The molecular weight excluding hydrogens is 524 g/mol. The van der Waals surface area contributed by atoms with E-state index in [4.69, 9.17) is 15.0 Å². The molecule has 0 saturated heterocycles. The number of nitrogens with zero attached hydrogens (tertiary/aromatic N) is 3. The highest BCUT2D eigenvalue weighted by Crippen LogP contribution is 2.34. The number of rotatable bonds is 10. The third kappa shape index (κ3) is 7.24. The Labute approximate surface area is 240 Å². The second kappa shape index (κ2) is 14.0. The van der Waals surface area contributed by atoms with E-state index in [1.807, 2.05) is 12.1 Å². The van der Waals surface area contributed by atoms with Crippen molar-refractivity contribution in [2.45, 2.75) is 13.8 Å². The first-order valence-electron chi connectivity index (χ1n) is 13.4. The molecule has 198 valence electrons. The first-order chi connectivity index (χ1) is 19.7. The molecule has 0 saturated carbocycles. The summed E-state index contributed by atoms with van der Waals surface area (Å²) < 4.78 is 0. The molecule has 40 heavy (non-hydrogen) atoms. The molecule has 0 spiro atoms. The molecule has 1 heterocycles. The lowest BCUT2D eigenvalue weighted by molar-refractivity contribution is 1.21. The van der Waals surface area contributed by atoms with Crippen LogP contribution in [-0.2, 0) is 0 Å². The van der Waals surface area contributed by atoms with Gasteiger partial charge >= 0.3 is 0 Å². The Kier molecular flexibility index (Phi) is 9.75. The predicted molar refractivity (Wildman–Crippen MR) is 177 cm³/mol. The molecule has 0 radical (unpaired) electrons. The normalized spacial score (nSPS) is 12.2. The van der Waals surface area contributed by atoms with Crippen molar-refractivity contribution >= 4 is 48.5 Å². The Morgan fingerprint density at radius 2 is 0.750 bits per heavy atom. The Hall–Kier alpha value is -3.77. The summed E-state index contributed by atoms with van der Waals surface area (Å²) in [5.41, 5.74) is 3.70. The first kappa shape index (κ1) is 27.8. The maximum Gasteiger partial charge on any atom is 0.0845 e. The van der Waals surface area contributed by atoms with Crippen molar-refractivity contribution in [1.82, 2.24) is 4.98 Å². The van der Waals surface area contributed by atoms with Crippen molar-refractivity contribution in [1.29, 1.82) is 0 Å².